The Bertz CT molecular complexity index is 1230. The lowest BCUT2D eigenvalue weighted by atomic mass is 10.1. The van der Waals surface area contributed by atoms with E-state index in [4.69, 9.17) is 16.1 Å². The number of rotatable bonds is 4. The quantitative estimate of drug-likeness (QED) is 0.283. The topological polar surface area (TPSA) is 115 Å². The fourth-order valence-corrected chi connectivity index (χ4v) is 3.77. The fourth-order valence-electron chi connectivity index (χ4n) is 2.72. The van der Waals surface area contributed by atoms with Gasteiger partial charge in [-0.1, -0.05) is 35.0 Å². The number of nitro benzene ring substituents is 1. The number of aromatic nitrogens is 3. The van der Waals surface area contributed by atoms with Gasteiger partial charge < -0.3 is 9.51 Å². The van der Waals surface area contributed by atoms with E-state index < -0.39 is 4.92 Å². The molecule has 0 radical (unpaired) electrons. The standard InChI is InChI=1S/C18H11ClN4O4S/c1-9-15(16(22-27-9)11-4-2-3-5-12(11)19)17(24)28-18-20-13-7-6-10(23(25)26)8-14(13)21-18/h2-8H,1H3,(H,20,21). The van der Waals surface area contributed by atoms with Crippen molar-refractivity contribution in [1.29, 1.82) is 0 Å². The number of hydrogen-bond acceptors (Lipinski definition) is 7. The molecule has 2 heterocycles. The van der Waals surface area contributed by atoms with E-state index in [1.54, 1.807) is 31.2 Å². The zero-order chi connectivity index (χ0) is 19.8. The van der Waals surface area contributed by atoms with Gasteiger partial charge in [0.1, 0.15) is 11.5 Å². The number of carbonyl (C=O) groups is 1. The van der Waals surface area contributed by atoms with E-state index >= 15 is 0 Å². The van der Waals surface area contributed by atoms with Crippen LogP contribution in [0.1, 0.15) is 16.1 Å². The van der Waals surface area contributed by atoms with Crippen molar-refractivity contribution in [1.82, 2.24) is 15.1 Å². The molecule has 0 aliphatic heterocycles. The highest BCUT2D eigenvalue weighted by molar-refractivity contribution is 8.14. The number of thioether (sulfide) groups is 1. The SMILES string of the molecule is Cc1onc(-c2ccccc2Cl)c1C(=O)Sc1nc2ccc([N+](=O)[O-])cc2[nH]1. The van der Waals surface area contributed by atoms with Gasteiger partial charge in [0.25, 0.3) is 5.69 Å². The monoisotopic (exact) mass is 414 g/mol. The molecule has 0 amide bonds. The summed E-state index contributed by atoms with van der Waals surface area (Å²) >= 11 is 7.08. The smallest absolute Gasteiger partial charge is 0.271 e. The fraction of sp³-hybridized carbons (Fsp3) is 0.0556. The predicted octanol–water partition coefficient (Wildman–Crippen LogP) is 5.02. The molecular formula is C18H11ClN4O4S. The number of benzene rings is 2. The number of nitrogens with one attached hydrogen (secondary N) is 1. The number of carbonyl (C=O) groups excluding carboxylic acids is 1. The molecule has 0 bridgehead atoms. The number of nitrogens with zero attached hydrogens (tertiary/aromatic N) is 3. The van der Waals surface area contributed by atoms with Crippen LogP contribution in [0.4, 0.5) is 5.69 Å². The molecule has 4 rings (SSSR count). The highest BCUT2D eigenvalue weighted by Gasteiger charge is 2.25. The lowest BCUT2D eigenvalue weighted by molar-refractivity contribution is -0.384. The summed E-state index contributed by atoms with van der Waals surface area (Å²) in [6, 6.07) is 11.3. The van der Waals surface area contributed by atoms with Crippen molar-refractivity contribution in [2.45, 2.75) is 12.1 Å². The highest BCUT2D eigenvalue weighted by Crippen LogP contribution is 2.34. The molecule has 1 N–H and O–H groups in total. The summed E-state index contributed by atoms with van der Waals surface area (Å²) in [5.41, 5.74) is 2.17. The van der Waals surface area contributed by atoms with Gasteiger partial charge in [0.15, 0.2) is 5.16 Å². The number of halogens is 1. The van der Waals surface area contributed by atoms with E-state index in [9.17, 15) is 14.9 Å². The number of aryl methyl sites for hydroxylation is 1. The molecule has 0 saturated heterocycles. The number of nitro groups is 1. The van der Waals surface area contributed by atoms with Crippen molar-refractivity contribution >= 4 is 45.2 Å². The van der Waals surface area contributed by atoms with Gasteiger partial charge >= 0.3 is 0 Å². The van der Waals surface area contributed by atoms with Crippen LogP contribution in [0.25, 0.3) is 22.3 Å². The first-order chi connectivity index (χ1) is 13.4. The Labute approximate surface area is 167 Å². The third kappa shape index (κ3) is 3.25. The Kier molecular flexibility index (Phi) is 4.62. The molecule has 2 aromatic heterocycles. The summed E-state index contributed by atoms with van der Waals surface area (Å²) in [6.07, 6.45) is 0. The lowest BCUT2D eigenvalue weighted by Crippen LogP contribution is -1.98. The summed E-state index contributed by atoms with van der Waals surface area (Å²) in [4.78, 5) is 30.5. The van der Waals surface area contributed by atoms with Gasteiger partial charge in [-0.25, -0.2) is 4.98 Å². The largest absolute Gasteiger partial charge is 0.360 e. The number of hydrogen-bond donors (Lipinski definition) is 1. The van der Waals surface area contributed by atoms with Crippen molar-refractivity contribution in [3.8, 4) is 11.3 Å². The summed E-state index contributed by atoms with van der Waals surface area (Å²) in [5.74, 6) is 0.360. The van der Waals surface area contributed by atoms with Crippen molar-refractivity contribution in [2.24, 2.45) is 0 Å². The molecule has 10 heteroatoms. The third-order valence-electron chi connectivity index (χ3n) is 4.04. The van der Waals surface area contributed by atoms with E-state index in [0.717, 1.165) is 11.8 Å². The minimum Gasteiger partial charge on any atom is -0.360 e. The van der Waals surface area contributed by atoms with E-state index in [0.29, 0.717) is 43.8 Å². The number of imidazole rings is 1. The van der Waals surface area contributed by atoms with Crippen LogP contribution >= 0.6 is 23.4 Å². The maximum absolute atomic E-state index is 12.9. The highest BCUT2D eigenvalue weighted by atomic mass is 35.5. The van der Waals surface area contributed by atoms with Gasteiger partial charge in [0, 0.05) is 17.7 Å². The summed E-state index contributed by atoms with van der Waals surface area (Å²) in [7, 11) is 0. The van der Waals surface area contributed by atoms with E-state index in [1.165, 1.54) is 18.2 Å². The molecule has 28 heavy (non-hydrogen) atoms. The number of fused-ring (bicyclic) bond motifs is 1. The zero-order valence-corrected chi connectivity index (χ0v) is 15.9. The maximum Gasteiger partial charge on any atom is 0.271 e. The van der Waals surface area contributed by atoms with Crippen LogP contribution in [-0.2, 0) is 0 Å². The molecule has 0 unspecified atom stereocenters. The number of aromatic amines is 1. The molecule has 4 aromatic rings. The van der Waals surface area contributed by atoms with E-state index in [1.807, 2.05) is 0 Å². The Morgan fingerprint density at radius 2 is 2.07 bits per heavy atom. The average molecular weight is 415 g/mol. The van der Waals surface area contributed by atoms with Crippen LogP contribution in [0.2, 0.25) is 5.02 Å². The molecule has 8 nitrogen and oxygen atoms in total. The van der Waals surface area contributed by atoms with Gasteiger partial charge in [-0.3, -0.25) is 14.9 Å². The number of H-pyrrole nitrogens is 1. The van der Waals surface area contributed by atoms with Crippen molar-refractivity contribution < 1.29 is 14.2 Å². The van der Waals surface area contributed by atoms with Crippen LogP contribution < -0.4 is 0 Å². The van der Waals surface area contributed by atoms with Crippen molar-refractivity contribution in [3.05, 3.63) is 68.9 Å². The van der Waals surface area contributed by atoms with Gasteiger partial charge in [-0.05, 0) is 30.8 Å². The number of non-ortho nitro benzene ring substituents is 1. The minimum absolute atomic E-state index is 0.0603. The summed E-state index contributed by atoms with van der Waals surface area (Å²) in [5, 5.41) is 15.3. The predicted molar refractivity (Wildman–Crippen MR) is 105 cm³/mol. The van der Waals surface area contributed by atoms with Crippen LogP contribution in [0, 0.1) is 17.0 Å². The Morgan fingerprint density at radius 3 is 2.82 bits per heavy atom. The van der Waals surface area contributed by atoms with E-state index in [2.05, 4.69) is 15.1 Å². The second-order valence-electron chi connectivity index (χ2n) is 5.83. The van der Waals surface area contributed by atoms with E-state index in [-0.39, 0.29) is 10.8 Å². The van der Waals surface area contributed by atoms with Gasteiger partial charge in [0.2, 0.25) is 5.12 Å². The molecule has 0 spiro atoms. The minimum atomic E-state index is -0.491. The van der Waals surface area contributed by atoms with Crippen LogP contribution in [0.5, 0.6) is 0 Å². The van der Waals surface area contributed by atoms with Crippen molar-refractivity contribution in [2.75, 3.05) is 0 Å². The van der Waals surface area contributed by atoms with Crippen molar-refractivity contribution in [3.63, 3.8) is 0 Å². The molecule has 0 saturated carbocycles. The van der Waals surface area contributed by atoms with Gasteiger partial charge in [-0.15, -0.1) is 0 Å². The molecule has 2 aromatic carbocycles. The first kappa shape index (κ1) is 18.2. The molecule has 0 aliphatic rings. The van der Waals surface area contributed by atoms with Crippen LogP contribution in [0.15, 0.2) is 52.1 Å². The second-order valence-corrected chi connectivity index (χ2v) is 7.20. The molecule has 140 valence electrons. The molecular weight excluding hydrogens is 404 g/mol. The first-order valence-corrected chi connectivity index (χ1v) is 9.21. The summed E-state index contributed by atoms with van der Waals surface area (Å²) < 4.78 is 5.22. The average Bonchev–Trinajstić information content (AvgIpc) is 3.24. The molecule has 0 aliphatic carbocycles. The zero-order valence-electron chi connectivity index (χ0n) is 14.3. The summed E-state index contributed by atoms with van der Waals surface area (Å²) in [6.45, 7) is 1.64. The molecule has 0 fully saturated rings. The van der Waals surface area contributed by atoms with Gasteiger partial charge in [0.05, 0.1) is 26.5 Å². The second kappa shape index (κ2) is 7.10. The maximum atomic E-state index is 12.9. The Morgan fingerprint density at radius 1 is 1.29 bits per heavy atom. The molecule has 0 atom stereocenters. The Balaban J connectivity index is 1.68. The van der Waals surface area contributed by atoms with Crippen LogP contribution in [0.3, 0.4) is 0 Å². The first-order valence-electron chi connectivity index (χ1n) is 8.01. The van der Waals surface area contributed by atoms with Gasteiger partial charge in [-0.2, -0.15) is 0 Å². The van der Waals surface area contributed by atoms with Crippen LogP contribution in [-0.4, -0.2) is 25.2 Å². The Hall–Kier alpha value is -3.17. The third-order valence-corrected chi connectivity index (χ3v) is 5.15. The normalized spacial score (nSPS) is 11.1. The lowest BCUT2D eigenvalue weighted by Gasteiger charge is -2.02.